The van der Waals surface area contributed by atoms with Crippen LogP contribution in [0.4, 0.5) is 0 Å². The van der Waals surface area contributed by atoms with Gasteiger partial charge in [-0.15, -0.1) is 10.2 Å². The Morgan fingerprint density at radius 2 is 1.54 bits per heavy atom. The average Bonchev–Trinajstić information content (AvgIpc) is 3.13. The molecule has 6 heteroatoms. The molecule has 0 radical (unpaired) electrons. The maximum Gasteiger partial charge on any atom is 0.202 e. The minimum absolute atomic E-state index is 0.379. The van der Waals surface area contributed by atoms with Crippen LogP contribution in [-0.2, 0) is 0 Å². The van der Waals surface area contributed by atoms with E-state index in [9.17, 15) is 0 Å². The maximum absolute atomic E-state index is 9.06. The highest BCUT2D eigenvalue weighted by Gasteiger charge is 2.17. The summed E-state index contributed by atoms with van der Waals surface area (Å²) in [6, 6.07) is 27.3. The van der Waals surface area contributed by atoms with E-state index in [4.69, 9.17) is 5.26 Å². The number of nitrogens with zero attached hydrogens (tertiary/aromatic N) is 5. The van der Waals surface area contributed by atoms with Crippen LogP contribution in [0.3, 0.4) is 0 Å². The van der Waals surface area contributed by atoms with Crippen molar-refractivity contribution >= 4 is 11.8 Å². The Morgan fingerprint density at radius 1 is 0.808 bits per heavy atom. The largest absolute Gasteiger partial charge is 0.270 e. The Morgan fingerprint density at radius 3 is 2.27 bits per heavy atom. The Bertz CT molecular complexity index is 1070. The summed E-state index contributed by atoms with van der Waals surface area (Å²) in [6.45, 7) is 0. The molecule has 0 saturated heterocycles. The molecular formula is C20H13N5S. The van der Waals surface area contributed by atoms with Gasteiger partial charge in [-0.05, 0) is 36.0 Å². The number of benzene rings is 2. The second-order valence-electron chi connectivity index (χ2n) is 5.42. The predicted molar refractivity (Wildman–Crippen MR) is 99.9 cm³/mol. The summed E-state index contributed by atoms with van der Waals surface area (Å²) in [6.07, 6.45) is 0. The van der Waals surface area contributed by atoms with Gasteiger partial charge in [-0.1, -0.05) is 54.6 Å². The van der Waals surface area contributed by atoms with Crippen molar-refractivity contribution in [3.63, 3.8) is 0 Å². The molecule has 4 rings (SSSR count). The fourth-order valence-electron chi connectivity index (χ4n) is 2.55. The molecule has 0 aliphatic carbocycles. The zero-order valence-electron chi connectivity index (χ0n) is 13.6. The van der Waals surface area contributed by atoms with E-state index >= 15 is 0 Å². The van der Waals surface area contributed by atoms with E-state index in [0.717, 1.165) is 17.1 Å². The lowest BCUT2D eigenvalue weighted by Gasteiger charge is -2.10. The first kappa shape index (κ1) is 16.1. The third-order valence-electron chi connectivity index (χ3n) is 3.71. The molecule has 2 aromatic carbocycles. The SMILES string of the molecule is N#Cc1cccc(Sc2nnc(-c3ccccc3)n2-c2ccccc2)n1. The second-order valence-corrected chi connectivity index (χ2v) is 6.41. The van der Waals surface area contributed by atoms with E-state index in [-0.39, 0.29) is 0 Å². The predicted octanol–water partition coefficient (Wildman–Crippen LogP) is 4.35. The first-order valence-electron chi connectivity index (χ1n) is 7.96. The molecule has 0 atom stereocenters. The van der Waals surface area contributed by atoms with Crippen LogP contribution in [0.5, 0.6) is 0 Å². The van der Waals surface area contributed by atoms with Crippen molar-refractivity contribution in [3.05, 3.63) is 84.6 Å². The van der Waals surface area contributed by atoms with E-state index in [2.05, 4.69) is 21.3 Å². The summed E-state index contributed by atoms with van der Waals surface area (Å²) in [5.74, 6) is 0.760. The Kier molecular flexibility index (Phi) is 4.46. The standard InChI is InChI=1S/C20H13N5S/c21-14-16-10-7-13-18(22-16)26-20-24-23-19(15-8-3-1-4-9-15)25(20)17-11-5-2-6-12-17/h1-13H. The minimum Gasteiger partial charge on any atom is -0.270 e. The van der Waals surface area contributed by atoms with E-state index in [1.165, 1.54) is 11.8 Å². The van der Waals surface area contributed by atoms with E-state index in [1.54, 1.807) is 6.07 Å². The normalized spacial score (nSPS) is 10.4. The van der Waals surface area contributed by atoms with Crippen molar-refractivity contribution in [2.24, 2.45) is 0 Å². The molecule has 0 spiro atoms. The summed E-state index contributed by atoms with van der Waals surface area (Å²) in [5, 5.41) is 19.2. The van der Waals surface area contributed by atoms with Gasteiger partial charge in [0.05, 0.1) is 0 Å². The molecular weight excluding hydrogens is 342 g/mol. The smallest absolute Gasteiger partial charge is 0.202 e. The number of pyridine rings is 1. The van der Waals surface area contributed by atoms with Crippen molar-refractivity contribution in [1.82, 2.24) is 19.7 Å². The Labute approximate surface area is 155 Å². The number of nitriles is 1. The first-order valence-corrected chi connectivity index (χ1v) is 8.78. The van der Waals surface area contributed by atoms with Crippen LogP contribution < -0.4 is 0 Å². The molecule has 0 aliphatic rings. The topological polar surface area (TPSA) is 67.4 Å². The summed E-state index contributed by atoms with van der Waals surface area (Å²) < 4.78 is 2.00. The fourth-order valence-corrected chi connectivity index (χ4v) is 3.39. The summed E-state index contributed by atoms with van der Waals surface area (Å²) in [7, 11) is 0. The van der Waals surface area contributed by atoms with Crippen molar-refractivity contribution in [3.8, 4) is 23.1 Å². The number of rotatable bonds is 4. The molecule has 0 saturated carbocycles. The van der Waals surface area contributed by atoms with Crippen LogP contribution in [-0.4, -0.2) is 19.7 Å². The van der Waals surface area contributed by atoms with E-state index in [1.807, 2.05) is 77.4 Å². The van der Waals surface area contributed by atoms with Crippen molar-refractivity contribution < 1.29 is 0 Å². The Hall–Kier alpha value is -3.43. The highest BCUT2D eigenvalue weighted by atomic mass is 32.2. The van der Waals surface area contributed by atoms with Gasteiger partial charge in [-0.3, -0.25) is 4.57 Å². The van der Waals surface area contributed by atoms with Crippen LogP contribution >= 0.6 is 11.8 Å². The number of para-hydroxylation sites is 1. The average molecular weight is 355 g/mol. The molecule has 0 fully saturated rings. The van der Waals surface area contributed by atoms with E-state index in [0.29, 0.717) is 15.9 Å². The summed E-state index contributed by atoms with van der Waals surface area (Å²) >= 11 is 1.38. The molecule has 4 aromatic rings. The lowest BCUT2D eigenvalue weighted by atomic mass is 10.2. The molecule has 2 aromatic heterocycles. The van der Waals surface area contributed by atoms with Gasteiger partial charge < -0.3 is 0 Å². The van der Waals surface area contributed by atoms with Crippen LogP contribution in [0.15, 0.2) is 89.0 Å². The Balaban J connectivity index is 1.82. The molecule has 0 bridgehead atoms. The number of hydrogen-bond acceptors (Lipinski definition) is 5. The molecule has 26 heavy (non-hydrogen) atoms. The zero-order valence-corrected chi connectivity index (χ0v) is 14.5. The molecule has 0 amide bonds. The maximum atomic E-state index is 9.06. The van der Waals surface area contributed by atoms with Gasteiger partial charge in [0.25, 0.3) is 0 Å². The summed E-state index contributed by atoms with van der Waals surface area (Å²) in [4.78, 5) is 4.32. The molecule has 2 heterocycles. The van der Waals surface area contributed by atoms with Crippen LogP contribution in [0.2, 0.25) is 0 Å². The fraction of sp³-hybridized carbons (Fsp3) is 0. The van der Waals surface area contributed by atoms with Crippen molar-refractivity contribution in [1.29, 1.82) is 5.26 Å². The van der Waals surface area contributed by atoms with Gasteiger partial charge in [-0.2, -0.15) is 5.26 Å². The zero-order chi connectivity index (χ0) is 17.8. The number of aromatic nitrogens is 4. The van der Waals surface area contributed by atoms with Gasteiger partial charge in [0, 0.05) is 11.3 Å². The molecule has 5 nitrogen and oxygen atoms in total. The van der Waals surface area contributed by atoms with Gasteiger partial charge in [0.15, 0.2) is 5.82 Å². The van der Waals surface area contributed by atoms with Crippen LogP contribution in [0.1, 0.15) is 5.69 Å². The van der Waals surface area contributed by atoms with Gasteiger partial charge in [0.1, 0.15) is 16.8 Å². The van der Waals surface area contributed by atoms with Crippen molar-refractivity contribution in [2.45, 2.75) is 10.2 Å². The van der Waals surface area contributed by atoms with Crippen molar-refractivity contribution in [2.75, 3.05) is 0 Å². The van der Waals surface area contributed by atoms with Gasteiger partial charge in [0.2, 0.25) is 5.16 Å². The molecule has 0 aliphatic heterocycles. The first-order chi connectivity index (χ1) is 12.8. The molecule has 0 N–H and O–H groups in total. The second kappa shape index (κ2) is 7.21. The highest BCUT2D eigenvalue weighted by molar-refractivity contribution is 7.99. The van der Waals surface area contributed by atoms with Crippen LogP contribution in [0.25, 0.3) is 17.1 Å². The highest BCUT2D eigenvalue weighted by Crippen LogP contribution is 2.31. The molecule has 124 valence electrons. The molecule has 0 unspecified atom stereocenters. The van der Waals surface area contributed by atoms with Gasteiger partial charge in [-0.25, -0.2) is 4.98 Å². The third-order valence-corrected chi connectivity index (χ3v) is 4.60. The minimum atomic E-state index is 0.379. The lowest BCUT2D eigenvalue weighted by molar-refractivity contribution is 0.882. The van der Waals surface area contributed by atoms with Gasteiger partial charge >= 0.3 is 0 Å². The summed E-state index contributed by atoms with van der Waals surface area (Å²) in [5.41, 5.74) is 2.33. The van der Waals surface area contributed by atoms with E-state index < -0.39 is 0 Å². The quantitative estimate of drug-likeness (QED) is 0.544. The lowest BCUT2D eigenvalue weighted by Crippen LogP contribution is -1.99. The monoisotopic (exact) mass is 355 g/mol. The van der Waals surface area contributed by atoms with Crippen LogP contribution in [0, 0.1) is 11.3 Å². The number of hydrogen-bond donors (Lipinski definition) is 0. The third kappa shape index (κ3) is 3.21.